The van der Waals surface area contributed by atoms with Crippen LogP contribution < -0.4 is 10.2 Å². The molecule has 4 heteroatoms. The third kappa shape index (κ3) is 2.77. The Balaban J connectivity index is 2.23. The number of rotatable bonds is 3. The van der Waals surface area contributed by atoms with E-state index in [1.165, 1.54) is 0 Å². The Morgan fingerprint density at radius 1 is 1.17 bits per heavy atom. The first-order valence-corrected chi connectivity index (χ1v) is 5.60. The number of nitrogens with zero attached hydrogens (tertiary/aromatic N) is 3. The van der Waals surface area contributed by atoms with Crippen molar-refractivity contribution >= 4 is 17.2 Å². The van der Waals surface area contributed by atoms with E-state index in [0.29, 0.717) is 11.5 Å². The van der Waals surface area contributed by atoms with E-state index in [1.54, 1.807) is 6.07 Å². The first-order valence-electron chi connectivity index (χ1n) is 5.60. The fourth-order valence-corrected chi connectivity index (χ4v) is 1.58. The average molecular weight is 238 g/mol. The highest BCUT2D eigenvalue weighted by molar-refractivity contribution is 5.63. The maximum absolute atomic E-state index is 8.80. The van der Waals surface area contributed by atoms with Gasteiger partial charge in [-0.1, -0.05) is 12.1 Å². The smallest absolute Gasteiger partial charge is 0.142 e. The highest BCUT2D eigenvalue weighted by Gasteiger charge is 2.00. The maximum Gasteiger partial charge on any atom is 0.142 e. The quantitative estimate of drug-likeness (QED) is 0.893. The fraction of sp³-hybridized carbons (Fsp3) is 0.143. The van der Waals surface area contributed by atoms with Crippen LogP contribution in [0.2, 0.25) is 0 Å². The molecule has 1 aromatic heterocycles. The molecule has 18 heavy (non-hydrogen) atoms. The molecule has 2 rings (SSSR count). The zero-order chi connectivity index (χ0) is 13.0. The van der Waals surface area contributed by atoms with Gasteiger partial charge in [0, 0.05) is 25.5 Å². The minimum absolute atomic E-state index is 0.406. The molecule has 1 aromatic carbocycles. The highest BCUT2D eigenvalue weighted by atomic mass is 15.1. The Morgan fingerprint density at radius 2 is 1.94 bits per heavy atom. The van der Waals surface area contributed by atoms with Crippen molar-refractivity contribution in [3.05, 3.63) is 48.2 Å². The lowest BCUT2D eigenvalue weighted by Gasteiger charge is -2.14. The number of hydrogen-bond acceptors (Lipinski definition) is 4. The number of benzene rings is 1. The van der Waals surface area contributed by atoms with Gasteiger partial charge in [0.05, 0.1) is 0 Å². The molecule has 0 fully saturated rings. The predicted octanol–water partition coefficient (Wildman–Crippen LogP) is 2.76. The Morgan fingerprint density at radius 3 is 2.67 bits per heavy atom. The van der Waals surface area contributed by atoms with E-state index in [-0.39, 0.29) is 0 Å². The summed E-state index contributed by atoms with van der Waals surface area (Å²) in [6, 6.07) is 15.4. The first-order chi connectivity index (χ1) is 8.69. The Bertz CT molecular complexity index is 584. The zero-order valence-corrected chi connectivity index (χ0v) is 10.4. The Hall–Kier alpha value is -2.54. The summed E-state index contributed by atoms with van der Waals surface area (Å²) in [5, 5.41) is 12.0. The number of nitrogens with one attached hydrogen (secondary N) is 1. The van der Waals surface area contributed by atoms with Crippen LogP contribution in [0.1, 0.15) is 5.69 Å². The molecule has 0 atom stereocenters. The van der Waals surface area contributed by atoms with Crippen LogP contribution in [0.25, 0.3) is 0 Å². The number of nitriles is 1. The average Bonchev–Trinajstić information content (AvgIpc) is 2.39. The lowest BCUT2D eigenvalue weighted by atomic mass is 10.2. The van der Waals surface area contributed by atoms with Gasteiger partial charge in [-0.25, -0.2) is 4.98 Å². The van der Waals surface area contributed by atoms with Crippen LogP contribution in [0.3, 0.4) is 0 Å². The third-order valence-electron chi connectivity index (χ3n) is 2.50. The molecular weight excluding hydrogens is 224 g/mol. The molecule has 0 aliphatic carbocycles. The SMILES string of the molecule is CN(C)c1cccc(Nc2cccc(C#N)n2)c1. The first kappa shape index (κ1) is 11.9. The summed E-state index contributed by atoms with van der Waals surface area (Å²) in [4.78, 5) is 6.21. The highest BCUT2D eigenvalue weighted by Crippen LogP contribution is 2.20. The molecule has 0 amide bonds. The van der Waals surface area contributed by atoms with Gasteiger partial charge in [0.25, 0.3) is 0 Å². The monoisotopic (exact) mass is 238 g/mol. The number of pyridine rings is 1. The third-order valence-corrected chi connectivity index (χ3v) is 2.50. The van der Waals surface area contributed by atoms with Crippen molar-refractivity contribution in [3.8, 4) is 6.07 Å². The van der Waals surface area contributed by atoms with Crippen LogP contribution in [0.15, 0.2) is 42.5 Å². The van der Waals surface area contributed by atoms with Gasteiger partial charge in [0.2, 0.25) is 0 Å². The van der Waals surface area contributed by atoms with Crippen molar-refractivity contribution in [2.75, 3.05) is 24.3 Å². The number of hydrogen-bond donors (Lipinski definition) is 1. The molecular formula is C14H14N4. The molecule has 4 nitrogen and oxygen atoms in total. The second kappa shape index (κ2) is 5.19. The van der Waals surface area contributed by atoms with Gasteiger partial charge in [-0.2, -0.15) is 5.26 Å². The Labute approximate surface area is 107 Å². The maximum atomic E-state index is 8.80. The summed E-state index contributed by atoms with van der Waals surface area (Å²) in [7, 11) is 3.99. The second-order valence-corrected chi connectivity index (χ2v) is 4.09. The van der Waals surface area contributed by atoms with Crippen molar-refractivity contribution in [1.82, 2.24) is 4.98 Å². The van der Waals surface area contributed by atoms with Gasteiger partial charge < -0.3 is 10.2 Å². The summed E-state index contributed by atoms with van der Waals surface area (Å²) in [5.41, 5.74) is 2.46. The molecule has 0 radical (unpaired) electrons. The summed E-state index contributed by atoms with van der Waals surface area (Å²) in [6.45, 7) is 0. The van der Waals surface area contributed by atoms with E-state index in [1.807, 2.05) is 61.5 Å². The molecule has 2 aromatic rings. The molecule has 0 unspecified atom stereocenters. The van der Waals surface area contributed by atoms with Crippen molar-refractivity contribution in [2.24, 2.45) is 0 Å². The van der Waals surface area contributed by atoms with E-state index < -0.39 is 0 Å². The van der Waals surface area contributed by atoms with Crippen LogP contribution in [0, 0.1) is 11.3 Å². The zero-order valence-electron chi connectivity index (χ0n) is 10.4. The van der Waals surface area contributed by atoms with Gasteiger partial charge in [0.1, 0.15) is 17.6 Å². The van der Waals surface area contributed by atoms with Crippen molar-refractivity contribution in [2.45, 2.75) is 0 Å². The summed E-state index contributed by atoms with van der Waals surface area (Å²) >= 11 is 0. The molecule has 0 aliphatic rings. The molecule has 0 spiro atoms. The minimum Gasteiger partial charge on any atom is -0.378 e. The van der Waals surface area contributed by atoms with Crippen molar-refractivity contribution < 1.29 is 0 Å². The lowest BCUT2D eigenvalue weighted by molar-refractivity contribution is 1.13. The van der Waals surface area contributed by atoms with Crippen LogP contribution in [0.5, 0.6) is 0 Å². The van der Waals surface area contributed by atoms with E-state index >= 15 is 0 Å². The Kier molecular flexibility index (Phi) is 3.44. The van der Waals surface area contributed by atoms with E-state index in [0.717, 1.165) is 11.4 Å². The molecule has 90 valence electrons. The van der Waals surface area contributed by atoms with Crippen LogP contribution in [0.4, 0.5) is 17.2 Å². The van der Waals surface area contributed by atoms with E-state index in [9.17, 15) is 0 Å². The predicted molar refractivity (Wildman–Crippen MR) is 73.0 cm³/mol. The van der Waals surface area contributed by atoms with Gasteiger partial charge >= 0.3 is 0 Å². The summed E-state index contributed by atoms with van der Waals surface area (Å²) in [5.74, 6) is 0.671. The molecule has 1 heterocycles. The van der Waals surface area contributed by atoms with Crippen LogP contribution in [-0.2, 0) is 0 Å². The molecule has 0 saturated carbocycles. The normalized spacial score (nSPS) is 9.61. The fourth-order valence-electron chi connectivity index (χ4n) is 1.58. The molecule has 1 N–H and O–H groups in total. The lowest BCUT2D eigenvalue weighted by Crippen LogP contribution is -2.08. The minimum atomic E-state index is 0.406. The van der Waals surface area contributed by atoms with Crippen molar-refractivity contribution in [1.29, 1.82) is 5.26 Å². The van der Waals surface area contributed by atoms with Gasteiger partial charge in [-0.05, 0) is 30.3 Å². The molecule has 0 saturated heterocycles. The van der Waals surface area contributed by atoms with Crippen molar-refractivity contribution in [3.63, 3.8) is 0 Å². The summed E-state index contributed by atoms with van der Waals surface area (Å²) in [6.07, 6.45) is 0. The standard InChI is InChI=1S/C14H14N4/c1-18(2)13-7-3-5-11(9-13)16-14-8-4-6-12(10-15)17-14/h3-9H,1-2H3,(H,16,17). The molecule has 0 bridgehead atoms. The largest absolute Gasteiger partial charge is 0.378 e. The van der Waals surface area contributed by atoms with Gasteiger partial charge in [0.15, 0.2) is 0 Å². The number of anilines is 3. The topological polar surface area (TPSA) is 52.0 Å². The van der Waals surface area contributed by atoms with E-state index in [2.05, 4.69) is 10.3 Å². The van der Waals surface area contributed by atoms with E-state index in [4.69, 9.17) is 5.26 Å². The van der Waals surface area contributed by atoms with Crippen LogP contribution in [-0.4, -0.2) is 19.1 Å². The summed E-state index contributed by atoms with van der Waals surface area (Å²) < 4.78 is 0. The van der Waals surface area contributed by atoms with Gasteiger partial charge in [-0.3, -0.25) is 0 Å². The molecule has 0 aliphatic heterocycles. The number of aromatic nitrogens is 1. The second-order valence-electron chi connectivity index (χ2n) is 4.09. The van der Waals surface area contributed by atoms with Gasteiger partial charge in [-0.15, -0.1) is 0 Å². The van der Waals surface area contributed by atoms with Crippen LogP contribution >= 0.6 is 0 Å².